The fourth-order valence-corrected chi connectivity index (χ4v) is 2.32. The molecule has 0 spiro atoms. The standard InChI is InChI=1S/C20H19N5O2/c1-13-3-5-18(6-4-13)25-20-21-11-15(12-22-20)19(27)24-17-9-7-16(8-10-17)23-14(2)26/h3-12H,1-2H3,(H,23,26)(H,24,27)(H,21,22,25). The largest absolute Gasteiger partial charge is 0.326 e. The number of aryl methyl sites for hydroxylation is 1. The van der Waals surface area contributed by atoms with Crippen molar-refractivity contribution in [2.75, 3.05) is 16.0 Å². The third-order valence-corrected chi connectivity index (χ3v) is 3.68. The highest BCUT2D eigenvalue weighted by Gasteiger charge is 2.08. The first-order valence-electron chi connectivity index (χ1n) is 8.34. The maximum Gasteiger partial charge on any atom is 0.258 e. The van der Waals surface area contributed by atoms with Crippen LogP contribution in [0, 0.1) is 6.92 Å². The first-order valence-corrected chi connectivity index (χ1v) is 8.34. The molecule has 2 amide bonds. The number of nitrogens with one attached hydrogen (secondary N) is 3. The second-order valence-electron chi connectivity index (χ2n) is 6.00. The number of carbonyl (C=O) groups is 2. The van der Waals surface area contributed by atoms with Crippen molar-refractivity contribution >= 4 is 34.8 Å². The van der Waals surface area contributed by atoms with Gasteiger partial charge in [0.1, 0.15) is 0 Å². The number of hydrogen-bond donors (Lipinski definition) is 3. The Morgan fingerprint density at radius 1 is 0.778 bits per heavy atom. The summed E-state index contributed by atoms with van der Waals surface area (Å²) >= 11 is 0. The molecule has 0 aliphatic carbocycles. The van der Waals surface area contributed by atoms with E-state index in [0.717, 1.165) is 5.69 Å². The molecule has 7 nitrogen and oxygen atoms in total. The highest BCUT2D eigenvalue weighted by Crippen LogP contribution is 2.16. The van der Waals surface area contributed by atoms with Gasteiger partial charge >= 0.3 is 0 Å². The summed E-state index contributed by atoms with van der Waals surface area (Å²) in [6.07, 6.45) is 2.93. The SMILES string of the molecule is CC(=O)Nc1ccc(NC(=O)c2cnc(Nc3ccc(C)cc3)nc2)cc1. The van der Waals surface area contributed by atoms with Crippen LogP contribution in [-0.4, -0.2) is 21.8 Å². The Kier molecular flexibility index (Phi) is 5.41. The Balaban J connectivity index is 1.61. The molecule has 2 aromatic carbocycles. The lowest BCUT2D eigenvalue weighted by Crippen LogP contribution is -2.13. The predicted molar refractivity (Wildman–Crippen MR) is 105 cm³/mol. The van der Waals surface area contributed by atoms with Gasteiger partial charge in [-0.2, -0.15) is 0 Å². The molecule has 0 unspecified atom stereocenters. The zero-order valence-corrected chi connectivity index (χ0v) is 15.0. The molecule has 27 heavy (non-hydrogen) atoms. The van der Waals surface area contributed by atoms with Crippen LogP contribution in [0.15, 0.2) is 60.9 Å². The van der Waals surface area contributed by atoms with Crippen molar-refractivity contribution < 1.29 is 9.59 Å². The number of benzene rings is 2. The average Bonchev–Trinajstić information content (AvgIpc) is 2.65. The second-order valence-corrected chi connectivity index (χ2v) is 6.00. The molecule has 7 heteroatoms. The second kappa shape index (κ2) is 8.09. The highest BCUT2D eigenvalue weighted by atomic mass is 16.2. The minimum atomic E-state index is -0.316. The van der Waals surface area contributed by atoms with Crippen LogP contribution in [-0.2, 0) is 4.79 Å². The van der Waals surface area contributed by atoms with Crippen molar-refractivity contribution in [3.8, 4) is 0 Å². The van der Waals surface area contributed by atoms with Crippen LogP contribution in [0.4, 0.5) is 23.0 Å². The van der Waals surface area contributed by atoms with Crippen LogP contribution in [0.2, 0.25) is 0 Å². The molecule has 136 valence electrons. The molecule has 1 heterocycles. The fraction of sp³-hybridized carbons (Fsp3) is 0.100. The number of carbonyl (C=O) groups excluding carboxylic acids is 2. The maximum absolute atomic E-state index is 12.3. The summed E-state index contributed by atoms with van der Waals surface area (Å²) in [5, 5.41) is 8.51. The van der Waals surface area contributed by atoms with Gasteiger partial charge in [-0.05, 0) is 43.3 Å². The number of aromatic nitrogens is 2. The van der Waals surface area contributed by atoms with Crippen molar-refractivity contribution in [3.05, 3.63) is 72.1 Å². The molecule has 0 saturated heterocycles. The van der Waals surface area contributed by atoms with Gasteiger partial charge in [0, 0.05) is 36.4 Å². The van der Waals surface area contributed by atoms with Gasteiger partial charge in [-0.1, -0.05) is 17.7 Å². The third kappa shape index (κ3) is 5.12. The van der Waals surface area contributed by atoms with Gasteiger partial charge in [0.2, 0.25) is 11.9 Å². The number of hydrogen-bond acceptors (Lipinski definition) is 5. The van der Waals surface area contributed by atoms with Gasteiger partial charge in [0.25, 0.3) is 5.91 Å². The molecule has 0 atom stereocenters. The lowest BCUT2D eigenvalue weighted by Gasteiger charge is -2.08. The van der Waals surface area contributed by atoms with E-state index in [4.69, 9.17) is 0 Å². The van der Waals surface area contributed by atoms with Crippen molar-refractivity contribution in [2.45, 2.75) is 13.8 Å². The fourth-order valence-electron chi connectivity index (χ4n) is 2.32. The topological polar surface area (TPSA) is 96.0 Å². The Bertz CT molecular complexity index is 936. The van der Waals surface area contributed by atoms with Gasteiger partial charge in [0.15, 0.2) is 0 Å². The minimum absolute atomic E-state index is 0.150. The Morgan fingerprint density at radius 3 is 1.85 bits per heavy atom. The number of amides is 2. The molecule has 3 rings (SSSR count). The molecule has 3 aromatic rings. The van der Waals surface area contributed by atoms with Crippen LogP contribution in [0.5, 0.6) is 0 Å². The summed E-state index contributed by atoms with van der Waals surface area (Å²) in [7, 11) is 0. The van der Waals surface area contributed by atoms with Crippen molar-refractivity contribution in [1.29, 1.82) is 0 Å². The van der Waals surface area contributed by atoms with Crippen molar-refractivity contribution in [1.82, 2.24) is 9.97 Å². The molecule has 1 aromatic heterocycles. The molecule has 0 aliphatic rings. The zero-order chi connectivity index (χ0) is 19.2. The van der Waals surface area contributed by atoms with E-state index in [0.29, 0.717) is 22.9 Å². The molecule has 3 N–H and O–H groups in total. The molecular weight excluding hydrogens is 342 g/mol. The van der Waals surface area contributed by atoms with Gasteiger partial charge in [-0.15, -0.1) is 0 Å². The summed E-state index contributed by atoms with van der Waals surface area (Å²) in [5.74, 6) is -0.0532. The predicted octanol–water partition coefficient (Wildman–Crippen LogP) is 3.74. The van der Waals surface area contributed by atoms with E-state index in [2.05, 4.69) is 25.9 Å². The van der Waals surface area contributed by atoms with E-state index in [9.17, 15) is 9.59 Å². The van der Waals surface area contributed by atoms with Gasteiger partial charge in [-0.3, -0.25) is 9.59 Å². The van der Waals surface area contributed by atoms with E-state index >= 15 is 0 Å². The highest BCUT2D eigenvalue weighted by molar-refractivity contribution is 6.04. The van der Waals surface area contributed by atoms with Crippen LogP contribution < -0.4 is 16.0 Å². The van der Waals surface area contributed by atoms with Gasteiger partial charge in [0.05, 0.1) is 5.56 Å². The minimum Gasteiger partial charge on any atom is -0.326 e. The Morgan fingerprint density at radius 2 is 1.30 bits per heavy atom. The lowest BCUT2D eigenvalue weighted by molar-refractivity contribution is -0.114. The molecule has 0 fully saturated rings. The summed E-state index contributed by atoms with van der Waals surface area (Å²) in [5.41, 5.74) is 3.65. The summed E-state index contributed by atoms with van der Waals surface area (Å²) in [4.78, 5) is 31.7. The average molecular weight is 361 g/mol. The van der Waals surface area contributed by atoms with Gasteiger partial charge in [-0.25, -0.2) is 9.97 Å². The Labute approximate surface area is 156 Å². The van der Waals surface area contributed by atoms with E-state index in [1.165, 1.54) is 24.9 Å². The maximum atomic E-state index is 12.3. The Hall–Kier alpha value is -3.74. The van der Waals surface area contributed by atoms with E-state index in [1.54, 1.807) is 24.3 Å². The molecule has 0 radical (unpaired) electrons. The number of anilines is 4. The van der Waals surface area contributed by atoms with E-state index in [1.807, 2.05) is 31.2 Å². The number of rotatable bonds is 5. The third-order valence-electron chi connectivity index (χ3n) is 3.68. The van der Waals surface area contributed by atoms with Crippen LogP contribution in [0.1, 0.15) is 22.8 Å². The van der Waals surface area contributed by atoms with Crippen LogP contribution in [0.25, 0.3) is 0 Å². The normalized spacial score (nSPS) is 10.1. The summed E-state index contributed by atoms with van der Waals surface area (Å²) < 4.78 is 0. The summed E-state index contributed by atoms with van der Waals surface area (Å²) in [6.45, 7) is 3.45. The number of nitrogens with zero attached hydrogens (tertiary/aromatic N) is 2. The van der Waals surface area contributed by atoms with Crippen molar-refractivity contribution in [2.24, 2.45) is 0 Å². The first-order chi connectivity index (χ1) is 13.0. The zero-order valence-electron chi connectivity index (χ0n) is 15.0. The van der Waals surface area contributed by atoms with E-state index < -0.39 is 0 Å². The smallest absolute Gasteiger partial charge is 0.258 e. The summed E-state index contributed by atoms with van der Waals surface area (Å²) in [6, 6.07) is 14.7. The quantitative estimate of drug-likeness (QED) is 0.643. The monoisotopic (exact) mass is 361 g/mol. The van der Waals surface area contributed by atoms with Crippen LogP contribution >= 0.6 is 0 Å². The molecule has 0 aliphatic heterocycles. The van der Waals surface area contributed by atoms with Crippen molar-refractivity contribution in [3.63, 3.8) is 0 Å². The first kappa shape index (κ1) is 18.1. The lowest BCUT2D eigenvalue weighted by atomic mass is 10.2. The molecular formula is C20H19N5O2. The molecule has 0 saturated carbocycles. The van der Waals surface area contributed by atoms with Gasteiger partial charge < -0.3 is 16.0 Å². The van der Waals surface area contributed by atoms with Crippen LogP contribution in [0.3, 0.4) is 0 Å². The molecule has 0 bridgehead atoms. The van der Waals surface area contributed by atoms with E-state index in [-0.39, 0.29) is 11.8 Å².